The van der Waals surface area contributed by atoms with Crippen molar-refractivity contribution in [3.63, 3.8) is 0 Å². The van der Waals surface area contributed by atoms with Crippen LogP contribution in [0.3, 0.4) is 0 Å². The van der Waals surface area contributed by atoms with Gasteiger partial charge in [0.2, 0.25) is 0 Å². The highest BCUT2D eigenvalue weighted by Gasteiger charge is 2.05. The first kappa shape index (κ1) is 16.1. The summed E-state index contributed by atoms with van der Waals surface area (Å²) in [7, 11) is 0. The quantitative estimate of drug-likeness (QED) is 0.591. The number of carbonyl (C=O) groups is 1. The molecule has 120 valence electrons. The number of para-hydroxylation sites is 2. The van der Waals surface area contributed by atoms with Crippen molar-refractivity contribution in [2.24, 2.45) is 0 Å². The number of urea groups is 1. The van der Waals surface area contributed by atoms with E-state index < -0.39 is 0 Å². The minimum absolute atomic E-state index is 0.307. The summed E-state index contributed by atoms with van der Waals surface area (Å²) < 4.78 is 6.54. The first-order chi connectivity index (χ1) is 11.7. The summed E-state index contributed by atoms with van der Waals surface area (Å²) in [6.45, 7) is 0. The molecule has 2 N–H and O–H groups in total. The molecule has 0 bridgehead atoms. The third-order valence-corrected chi connectivity index (χ3v) is 3.90. The SMILES string of the molecule is O=C(Nc1ccc(Oc2ccccc2)cc1)Nc1ccccc1Br. The van der Waals surface area contributed by atoms with Gasteiger partial charge in [0.1, 0.15) is 11.5 Å². The minimum Gasteiger partial charge on any atom is -0.457 e. The van der Waals surface area contributed by atoms with Gasteiger partial charge in [-0.15, -0.1) is 0 Å². The van der Waals surface area contributed by atoms with E-state index in [-0.39, 0.29) is 6.03 Å². The topological polar surface area (TPSA) is 50.4 Å². The molecule has 0 aliphatic rings. The fraction of sp³-hybridized carbons (Fsp3) is 0. The average Bonchev–Trinajstić information content (AvgIpc) is 2.60. The molecule has 24 heavy (non-hydrogen) atoms. The molecular weight excluding hydrogens is 368 g/mol. The Morgan fingerprint density at radius 2 is 1.38 bits per heavy atom. The zero-order chi connectivity index (χ0) is 16.8. The highest BCUT2D eigenvalue weighted by Crippen LogP contribution is 2.24. The lowest BCUT2D eigenvalue weighted by atomic mass is 10.3. The molecule has 0 aliphatic heterocycles. The molecule has 3 aromatic rings. The number of anilines is 2. The molecule has 0 aromatic heterocycles. The summed E-state index contributed by atoms with van der Waals surface area (Å²) in [5, 5.41) is 5.57. The molecule has 5 heteroatoms. The Bertz CT molecular complexity index is 820. The van der Waals surface area contributed by atoms with Gasteiger partial charge in [0.25, 0.3) is 0 Å². The van der Waals surface area contributed by atoms with Crippen LogP contribution in [0.25, 0.3) is 0 Å². The van der Waals surface area contributed by atoms with Crippen LogP contribution in [0.2, 0.25) is 0 Å². The van der Waals surface area contributed by atoms with E-state index in [2.05, 4.69) is 26.6 Å². The molecule has 3 aromatic carbocycles. The smallest absolute Gasteiger partial charge is 0.323 e. The molecule has 3 rings (SSSR count). The van der Waals surface area contributed by atoms with Gasteiger partial charge < -0.3 is 15.4 Å². The second-order valence-corrected chi connectivity index (χ2v) is 5.85. The van der Waals surface area contributed by atoms with Crippen LogP contribution in [0.5, 0.6) is 11.5 Å². The van der Waals surface area contributed by atoms with Crippen molar-refractivity contribution in [2.45, 2.75) is 0 Å². The van der Waals surface area contributed by atoms with Gasteiger partial charge in [0.15, 0.2) is 0 Å². The maximum absolute atomic E-state index is 12.0. The number of hydrogen-bond acceptors (Lipinski definition) is 2. The highest BCUT2D eigenvalue weighted by molar-refractivity contribution is 9.10. The number of amides is 2. The zero-order valence-electron chi connectivity index (χ0n) is 12.7. The molecule has 0 spiro atoms. The van der Waals surface area contributed by atoms with E-state index in [1.807, 2.05) is 54.6 Å². The molecule has 0 atom stereocenters. The van der Waals surface area contributed by atoms with Crippen LogP contribution in [0.15, 0.2) is 83.3 Å². The first-order valence-electron chi connectivity index (χ1n) is 7.36. The lowest BCUT2D eigenvalue weighted by Gasteiger charge is -2.10. The van der Waals surface area contributed by atoms with Crippen molar-refractivity contribution >= 4 is 33.3 Å². The third kappa shape index (κ3) is 4.36. The van der Waals surface area contributed by atoms with E-state index in [1.54, 1.807) is 24.3 Å². The van der Waals surface area contributed by atoms with Crippen molar-refractivity contribution in [1.29, 1.82) is 0 Å². The molecule has 0 aliphatic carbocycles. The summed E-state index contributed by atoms with van der Waals surface area (Å²) >= 11 is 3.39. The molecule has 0 saturated heterocycles. The van der Waals surface area contributed by atoms with E-state index >= 15 is 0 Å². The molecular formula is C19H15BrN2O2. The Morgan fingerprint density at radius 1 is 0.750 bits per heavy atom. The fourth-order valence-electron chi connectivity index (χ4n) is 2.08. The predicted octanol–water partition coefficient (Wildman–Crippen LogP) is 5.89. The van der Waals surface area contributed by atoms with Crippen LogP contribution in [-0.4, -0.2) is 6.03 Å². The number of carbonyl (C=O) groups excluding carboxylic acids is 1. The Labute approximate surface area is 148 Å². The van der Waals surface area contributed by atoms with Crippen LogP contribution in [0.4, 0.5) is 16.2 Å². The Balaban J connectivity index is 1.60. The normalized spacial score (nSPS) is 10.0. The number of hydrogen-bond donors (Lipinski definition) is 2. The van der Waals surface area contributed by atoms with Crippen LogP contribution < -0.4 is 15.4 Å². The van der Waals surface area contributed by atoms with Gasteiger partial charge in [0.05, 0.1) is 5.69 Å². The summed E-state index contributed by atoms with van der Waals surface area (Å²) in [6, 6.07) is 23.9. The van der Waals surface area contributed by atoms with Crippen molar-refractivity contribution < 1.29 is 9.53 Å². The molecule has 0 unspecified atom stereocenters. The van der Waals surface area contributed by atoms with Crippen molar-refractivity contribution in [3.8, 4) is 11.5 Å². The largest absolute Gasteiger partial charge is 0.457 e. The van der Waals surface area contributed by atoms with Gasteiger partial charge >= 0.3 is 6.03 Å². The van der Waals surface area contributed by atoms with Crippen LogP contribution in [0, 0.1) is 0 Å². The van der Waals surface area contributed by atoms with Crippen LogP contribution >= 0.6 is 15.9 Å². The summed E-state index contributed by atoms with van der Waals surface area (Å²) in [6.07, 6.45) is 0. The monoisotopic (exact) mass is 382 g/mol. The van der Waals surface area contributed by atoms with Crippen molar-refractivity contribution in [2.75, 3.05) is 10.6 Å². The Morgan fingerprint density at radius 3 is 2.08 bits per heavy atom. The molecule has 0 heterocycles. The summed E-state index contributed by atoms with van der Waals surface area (Å²) in [5.41, 5.74) is 1.39. The zero-order valence-corrected chi connectivity index (χ0v) is 14.3. The molecule has 2 amide bonds. The summed E-state index contributed by atoms with van der Waals surface area (Å²) in [5.74, 6) is 1.47. The first-order valence-corrected chi connectivity index (χ1v) is 8.15. The van der Waals surface area contributed by atoms with Crippen LogP contribution in [-0.2, 0) is 0 Å². The number of nitrogens with one attached hydrogen (secondary N) is 2. The van der Waals surface area contributed by atoms with E-state index in [1.165, 1.54) is 0 Å². The number of rotatable bonds is 4. The number of halogens is 1. The third-order valence-electron chi connectivity index (χ3n) is 3.21. The molecule has 0 saturated carbocycles. The van der Waals surface area contributed by atoms with E-state index in [9.17, 15) is 4.79 Å². The summed E-state index contributed by atoms with van der Waals surface area (Å²) in [4.78, 5) is 12.0. The van der Waals surface area contributed by atoms with Gasteiger partial charge in [-0.2, -0.15) is 0 Å². The highest BCUT2D eigenvalue weighted by atomic mass is 79.9. The lowest BCUT2D eigenvalue weighted by molar-refractivity contribution is 0.262. The second kappa shape index (κ2) is 7.66. The molecule has 4 nitrogen and oxygen atoms in total. The average molecular weight is 383 g/mol. The maximum Gasteiger partial charge on any atom is 0.323 e. The van der Waals surface area contributed by atoms with Crippen molar-refractivity contribution in [3.05, 3.63) is 83.3 Å². The lowest BCUT2D eigenvalue weighted by Crippen LogP contribution is -2.19. The fourth-order valence-corrected chi connectivity index (χ4v) is 2.46. The standard InChI is InChI=1S/C19H15BrN2O2/c20-17-8-4-5-9-18(17)22-19(23)21-14-10-12-16(13-11-14)24-15-6-2-1-3-7-15/h1-13H,(H2,21,22,23). The van der Waals surface area contributed by atoms with E-state index in [4.69, 9.17) is 4.74 Å². The predicted molar refractivity (Wildman–Crippen MR) is 99.7 cm³/mol. The van der Waals surface area contributed by atoms with Gasteiger partial charge in [-0.1, -0.05) is 30.3 Å². The second-order valence-electron chi connectivity index (χ2n) is 5.00. The maximum atomic E-state index is 12.0. The van der Waals surface area contributed by atoms with Gasteiger partial charge in [-0.3, -0.25) is 0 Å². The Hall–Kier alpha value is -2.79. The van der Waals surface area contributed by atoms with Gasteiger partial charge in [0, 0.05) is 10.2 Å². The van der Waals surface area contributed by atoms with E-state index in [0.29, 0.717) is 17.1 Å². The Kier molecular flexibility index (Phi) is 5.13. The number of ether oxygens (including phenoxy) is 1. The van der Waals surface area contributed by atoms with Crippen LogP contribution in [0.1, 0.15) is 0 Å². The van der Waals surface area contributed by atoms with E-state index in [0.717, 1.165) is 10.2 Å². The minimum atomic E-state index is -0.307. The van der Waals surface area contributed by atoms with Gasteiger partial charge in [-0.05, 0) is 64.5 Å². The molecule has 0 radical (unpaired) electrons. The molecule has 0 fully saturated rings. The van der Waals surface area contributed by atoms with Gasteiger partial charge in [-0.25, -0.2) is 4.79 Å². The number of benzene rings is 3. The van der Waals surface area contributed by atoms with Crippen molar-refractivity contribution in [1.82, 2.24) is 0 Å².